The minimum absolute atomic E-state index is 0.0313. The fraction of sp³-hybridized carbons (Fsp3) is 0.562. The summed E-state index contributed by atoms with van der Waals surface area (Å²) >= 11 is 0. The maximum Gasteiger partial charge on any atom is 0.351 e. The molecule has 0 bridgehead atoms. The number of aromatic nitrogens is 2. The molecule has 1 fully saturated rings. The maximum atomic E-state index is 12.2. The monoisotopic (exact) mass is 367 g/mol. The molecule has 1 aromatic heterocycles. The molecule has 144 valence electrons. The first-order chi connectivity index (χ1) is 12.5. The molecule has 0 spiro atoms. The van der Waals surface area contributed by atoms with Crippen LogP contribution in [0.1, 0.15) is 18.2 Å². The standard InChI is InChI=1S/C16H25N5O5/c1-24-9-12-11(25-2)7-14(26-12)21-8-10(15(18)20-16(21)23)3-4-13(22)19-6-5-17/h3-4,8,11-12,14H,5-7,9,17H2,1-2H3,(H,19,22)(H2,18,20,23)/b4-3+/t11?,12-,14-/m1/s1. The van der Waals surface area contributed by atoms with Crippen LogP contribution < -0.4 is 22.5 Å². The molecule has 1 amide bonds. The molecule has 1 aliphatic rings. The van der Waals surface area contributed by atoms with Crippen molar-refractivity contribution in [3.8, 4) is 0 Å². The van der Waals surface area contributed by atoms with Crippen LogP contribution in [-0.2, 0) is 19.0 Å². The molecule has 1 unspecified atom stereocenters. The number of nitrogens with one attached hydrogen (secondary N) is 1. The van der Waals surface area contributed by atoms with E-state index in [4.69, 9.17) is 25.7 Å². The first kappa shape index (κ1) is 20.0. The van der Waals surface area contributed by atoms with E-state index in [1.165, 1.54) is 22.9 Å². The van der Waals surface area contributed by atoms with E-state index in [2.05, 4.69) is 10.3 Å². The van der Waals surface area contributed by atoms with Crippen molar-refractivity contribution < 1.29 is 19.0 Å². The summed E-state index contributed by atoms with van der Waals surface area (Å²) in [5.74, 6) is -0.284. The van der Waals surface area contributed by atoms with Gasteiger partial charge >= 0.3 is 5.69 Å². The third-order valence-corrected chi connectivity index (χ3v) is 3.99. The van der Waals surface area contributed by atoms with Gasteiger partial charge in [-0.3, -0.25) is 9.36 Å². The highest BCUT2D eigenvalue weighted by Crippen LogP contribution is 2.30. The lowest BCUT2D eigenvalue weighted by Gasteiger charge is -2.16. The molecule has 10 heteroatoms. The number of carbonyl (C=O) groups excluding carboxylic acids is 1. The molecule has 10 nitrogen and oxygen atoms in total. The third-order valence-electron chi connectivity index (χ3n) is 3.99. The number of amides is 1. The number of carbonyl (C=O) groups is 1. The Labute approximate surface area is 151 Å². The molecule has 26 heavy (non-hydrogen) atoms. The average Bonchev–Trinajstić information content (AvgIpc) is 3.02. The molecular formula is C16H25N5O5. The summed E-state index contributed by atoms with van der Waals surface area (Å²) in [6.07, 6.45) is 3.73. The van der Waals surface area contributed by atoms with Crippen molar-refractivity contribution in [2.24, 2.45) is 5.73 Å². The van der Waals surface area contributed by atoms with E-state index in [0.717, 1.165) is 0 Å². The molecular weight excluding hydrogens is 342 g/mol. The van der Waals surface area contributed by atoms with Crippen molar-refractivity contribution in [3.63, 3.8) is 0 Å². The highest BCUT2D eigenvalue weighted by Gasteiger charge is 2.37. The lowest BCUT2D eigenvalue weighted by molar-refractivity contribution is -0.116. The Morgan fingerprint density at radius 1 is 1.54 bits per heavy atom. The van der Waals surface area contributed by atoms with E-state index >= 15 is 0 Å². The molecule has 0 aromatic carbocycles. The Morgan fingerprint density at radius 3 is 2.96 bits per heavy atom. The smallest absolute Gasteiger partial charge is 0.351 e. The molecule has 0 aliphatic carbocycles. The topological polar surface area (TPSA) is 144 Å². The molecule has 1 aromatic rings. The molecule has 0 saturated carbocycles. The summed E-state index contributed by atoms with van der Waals surface area (Å²) in [6, 6.07) is 0. The fourth-order valence-electron chi connectivity index (χ4n) is 2.68. The van der Waals surface area contributed by atoms with Gasteiger partial charge in [0.2, 0.25) is 5.91 Å². The van der Waals surface area contributed by atoms with Gasteiger partial charge in [0.15, 0.2) is 0 Å². The Balaban J connectivity index is 2.21. The quantitative estimate of drug-likeness (QED) is 0.489. The van der Waals surface area contributed by atoms with Crippen LogP contribution in [-0.4, -0.2) is 61.6 Å². The van der Waals surface area contributed by atoms with Crippen LogP contribution in [0.2, 0.25) is 0 Å². The van der Waals surface area contributed by atoms with Crippen molar-refractivity contribution in [1.29, 1.82) is 0 Å². The van der Waals surface area contributed by atoms with Gasteiger partial charge in [-0.1, -0.05) is 0 Å². The summed E-state index contributed by atoms with van der Waals surface area (Å²) in [6.45, 7) is 1.06. The predicted octanol–water partition coefficient (Wildman–Crippen LogP) is -1.14. The Kier molecular flexibility index (Phi) is 7.27. The Bertz CT molecular complexity index is 705. The van der Waals surface area contributed by atoms with Gasteiger partial charge in [0.25, 0.3) is 0 Å². The SMILES string of the molecule is COC[C@H]1O[C@@H](n2cc(/C=C/C(=O)NCCN)c(N)nc2=O)CC1OC. The normalized spacial score (nSPS) is 22.8. The van der Waals surface area contributed by atoms with Crippen LogP contribution in [0.15, 0.2) is 17.1 Å². The molecule has 3 atom stereocenters. The summed E-state index contributed by atoms with van der Waals surface area (Å²) in [4.78, 5) is 27.7. The summed E-state index contributed by atoms with van der Waals surface area (Å²) in [5.41, 5.74) is 11.0. The highest BCUT2D eigenvalue weighted by atomic mass is 16.6. The van der Waals surface area contributed by atoms with Gasteiger partial charge in [-0.05, 0) is 6.08 Å². The molecule has 1 saturated heterocycles. The number of nitrogen functional groups attached to an aromatic ring is 1. The van der Waals surface area contributed by atoms with Crippen LogP contribution in [0.3, 0.4) is 0 Å². The van der Waals surface area contributed by atoms with Crippen molar-refractivity contribution in [2.45, 2.75) is 24.9 Å². The third kappa shape index (κ3) is 4.88. The average molecular weight is 367 g/mol. The van der Waals surface area contributed by atoms with Crippen LogP contribution in [0.25, 0.3) is 6.08 Å². The second-order valence-corrected chi connectivity index (χ2v) is 5.78. The van der Waals surface area contributed by atoms with E-state index in [9.17, 15) is 9.59 Å². The van der Waals surface area contributed by atoms with E-state index in [-0.39, 0.29) is 23.9 Å². The van der Waals surface area contributed by atoms with E-state index in [0.29, 0.717) is 31.7 Å². The summed E-state index contributed by atoms with van der Waals surface area (Å²) < 4.78 is 17.7. The van der Waals surface area contributed by atoms with Gasteiger partial charge < -0.3 is 31.0 Å². The van der Waals surface area contributed by atoms with Gasteiger partial charge in [0.1, 0.15) is 18.1 Å². The second kappa shape index (κ2) is 9.43. The van der Waals surface area contributed by atoms with Gasteiger partial charge in [-0.2, -0.15) is 4.98 Å². The van der Waals surface area contributed by atoms with Crippen molar-refractivity contribution in [1.82, 2.24) is 14.9 Å². The van der Waals surface area contributed by atoms with Crippen molar-refractivity contribution >= 4 is 17.8 Å². The van der Waals surface area contributed by atoms with Crippen molar-refractivity contribution in [2.75, 3.05) is 39.6 Å². The predicted molar refractivity (Wildman–Crippen MR) is 95.2 cm³/mol. The summed E-state index contributed by atoms with van der Waals surface area (Å²) in [5, 5.41) is 2.60. The largest absolute Gasteiger partial charge is 0.383 e. The first-order valence-corrected chi connectivity index (χ1v) is 8.22. The number of nitrogens with two attached hydrogens (primary N) is 2. The van der Waals surface area contributed by atoms with E-state index in [1.54, 1.807) is 14.2 Å². The number of rotatable bonds is 8. The molecule has 2 rings (SSSR count). The zero-order valence-electron chi connectivity index (χ0n) is 14.9. The fourth-order valence-corrected chi connectivity index (χ4v) is 2.68. The minimum atomic E-state index is -0.557. The van der Waals surface area contributed by atoms with Crippen LogP contribution in [0, 0.1) is 0 Å². The van der Waals surface area contributed by atoms with Gasteiger partial charge in [-0.25, -0.2) is 4.79 Å². The van der Waals surface area contributed by atoms with Crippen LogP contribution in [0.5, 0.6) is 0 Å². The van der Waals surface area contributed by atoms with Gasteiger partial charge in [0, 0.05) is 51.6 Å². The number of hydrogen-bond acceptors (Lipinski definition) is 8. The molecule has 5 N–H and O–H groups in total. The minimum Gasteiger partial charge on any atom is -0.383 e. The first-order valence-electron chi connectivity index (χ1n) is 8.22. The second-order valence-electron chi connectivity index (χ2n) is 5.78. The Hall–Kier alpha value is -2.27. The van der Waals surface area contributed by atoms with Crippen LogP contribution >= 0.6 is 0 Å². The lowest BCUT2D eigenvalue weighted by Crippen LogP contribution is -2.29. The zero-order valence-corrected chi connectivity index (χ0v) is 14.9. The van der Waals surface area contributed by atoms with E-state index < -0.39 is 11.9 Å². The molecule has 1 aliphatic heterocycles. The van der Waals surface area contributed by atoms with Crippen LogP contribution in [0.4, 0.5) is 5.82 Å². The summed E-state index contributed by atoms with van der Waals surface area (Å²) in [7, 11) is 3.15. The number of methoxy groups -OCH3 is 2. The van der Waals surface area contributed by atoms with Gasteiger partial charge in [0.05, 0.1) is 12.7 Å². The highest BCUT2D eigenvalue weighted by molar-refractivity contribution is 5.92. The van der Waals surface area contributed by atoms with Crippen molar-refractivity contribution in [3.05, 3.63) is 28.3 Å². The number of anilines is 1. The zero-order chi connectivity index (χ0) is 19.1. The number of hydrogen-bond donors (Lipinski definition) is 3. The molecule has 0 radical (unpaired) electrons. The number of ether oxygens (including phenoxy) is 3. The number of nitrogens with zero attached hydrogens (tertiary/aromatic N) is 2. The van der Waals surface area contributed by atoms with E-state index in [1.807, 2.05) is 0 Å². The lowest BCUT2D eigenvalue weighted by atomic mass is 10.2. The maximum absolute atomic E-state index is 12.2. The molecule has 2 heterocycles. The van der Waals surface area contributed by atoms with Gasteiger partial charge in [-0.15, -0.1) is 0 Å². The Morgan fingerprint density at radius 2 is 2.31 bits per heavy atom.